The molecule has 0 N–H and O–H groups in total. The van der Waals surface area contributed by atoms with Gasteiger partial charge in [0.25, 0.3) is 0 Å². The fraction of sp³-hybridized carbons (Fsp3) is 0.0769. The summed E-state index contributed by atoms with van der Waals surface area (Å²) >= 11 is 14.2. The Hall–Kier alpha value is -0.250. The molecule has 0 aliphatic carbocycles. The predicted octanol–water partition coefficient (Wildman–Crippen LogP) is 5.57. The maximum atomic E-state index is 6.01. The number of aryl methyl sites for hydroxylation is 1. The highest BCUT2D eigenvalue weighted by Gasteiger charge is 2.04. The lowest BCUT2D eigenvalue weighted by Crippen LogP contribution is -1.84. The van der Waals surface area contributed by atoms with Gasteiger partial charge in [-0.05, 0) is 70.5 Å². The normalized spacial score (nSPS) is 10.5. The number of hydrogen-bond acceptors (Lipinski definition) is 0. The second-order valence-corrected chi connectivity index (χ2v) is 5.65. The van der Waals surface area contributed by atoms with E-state index in [9.17, 15) is 0 Å². The Bertz CT molecular complexity index is 535. The van der Waals surface area contributed by atoms with Gasteiger partial charge in [-0.3, -0.25) is 0 Å². The molecular formula is C13H9Cl2I. The number of halogens is 3. The number of rotatable bonds is 1. The van der Waals surface area contributed by atoms with Gasteiger partial charge in [0.2, 0.25) is 0 Å². The summed E-state index contributed by atoms with van der Waals surface area (Å²) in [7, 11) is 0. The third-order valence-corrected chi connectivity index (χ3v) is 3.83. The quantitative estimate of drug-likeness (QED) is 0.581. The molecule has 2 aromatic rings. The van der Waals surface area contributed by atoms with E-state index in [4.69, 9.17) is 23.2 Å². The van der Waals surface area contributed by atoms with Crippen LogP contribution in [0.4, 0.5) is 0 Å². The number of benzene rings is 2. The Labute approximate surface area is 119 Å². The van der Waals surface area contributed by atoms with Crippen LogP contribution in [0.1, 0.15) is 5.56 Å². The molecule has 3 heteroatoms. The van der Waals surface area contributed by atoms with Crippen molar-refractivity contribution < 1.29 is 0 Å². The lowest BCUT2D eigenvalue weighted by Gasteiger charge is -2.07. The first-order chi connectivity index (χ1) is 7.58. The minimum atomic E-state index is 0.591. The van der Waals surface area contributed by atoms with Gasteiger partial charge < -0.3 is 0 Å². The van der Waals surface area contributed by atoms with Crippen LogP contribution in [0.15, 0.2) is 36.4 Å². The lowest BCUT2D eigenvalue weighted by atomic mass is 10.0. The monoisotopic (exact) mass is 362 g/mol. The smallest absolute Gasteiger partial charge is 0.0598 e. The van der Waals surface area contributed by atoms with Crippen molar-refractivity contribution in [2.45, 2.75) is 6.92 Å². The van der Waals surface area contributed by atoms with Crippen molar-refractivity contribution in [1.82, 2.24) is 0 Å². The second kappa shape index (κ2) is 4.94. The van der Waals surface area contributed by atoms with Crippen LogP contribution >= 0.6 is 45.8 Å². The van der Waals surface area contributed by atoms with Gasteiger partial charge in [0, 0.05) is 3.57 Å². The van der Waals surface area contributed by atoms with Gasteiger partial charge >= 0.3 is 0 Å². The van der Waals surface area contributed by atoms with E-state index < -0.39 is 0 Å². The summed E-state index contributed by atoms with van der Waals surface area (Å²) in [6.07, 6.45) is 0. The van der Waals surface area contributed by atoms with Crippen LogP contribution in [0.5, 0.6) is 0 Å². The molecule has 0 nitrogen and oxygen atoms in total. The van der Waals surface area contributed by atoms with Crippen molar-refractivity contribution in [3.8, 4) is 11.1 Å². The van der Waals surface area contributed by atoms with Crippen molar-refractivity contribution in [3.63, 3.8) is 0 Å². The van der Waals surface area contributed by atoms with Crippen molar-refractivity contribution in [2.75, 3.05) is 0 Å². The zero-order valence-electron chi connectivity index (χ0n) is 8.60. The Morgan fingerprint density at radius 1 is 0.938 bits per heavy atom. The first-order valence-electron chi connectivity index (χ1n) is 4.79. The molecule has 0 aromatic heterocycles. The lowest BCUT2D eigenvalue weighted by molar-refractivity contribution is 1.44. The van der Waals surface area contributed by atoms with Crippen LogP contribution in [-0.4, -0.2) is 0 Å². The van der Waals surface area contributed by atoms with Crippen LogP contribution in [0.2, 0.25) is 10.0 Å². The molecule has 0 aliphatic heterocycles. The minimum Gasteiger partial charge on any atom is -0.0827 e. The standard InChI is InChI=1S/C13H9Cl2I/c1-8-6-10(16)3-4-11(8)9-2-5-12(14)13(15)7-9/h2-7H,1H3. The van der Waals surface area contributed by atoms with Crippen molar-refractivity contribution >= 4 is 45.8 Å². The molecule has 82 valence electrons. The molecule has 0 unspecified atom stereocenters. The molecule has 2 rings (SSSR count). The summed E-state index contributed by atoms with van der Waals surface area (Å²) < 4.78 is 1.24. The van der Waals surface area contributed by atoms with Gasteiger partial charge in [-0.1, -0.05) is 35.3 Å². The maximum Gasteiger partial charge on any atom is 0.0598 e. The van der Waals surface area contributed by atoms with E-state index >= 15 is 0 Å². The summed E-state index contributed by atoms with van der Waals surface area (Å²) in [6.45, 7) is 2.10. The van der Waals surface area contributed by atoms with Crippen LogP contribution in [0.3, 0.4) is 0 Å². The average Bonchev–Trinajstić information content (AvgIpc) is 2.22. The van der Waals surface area contributed by atoms with Crippen LogP contribution in [0.25, 0.3) is 11.1 Å². The molecule has 0 aliphatic rings. The van der Waals surface area contributed by atoms with Crippen molar-refractivity contribution in [3.05, 3.63) is 55.6 Å². The highest BCUT2D eigenvalue weighted by Crippen LogP contribution is 2.30. The highest BCUT2D eigenvalue weighted by atomic mass is 127. The summed E-state index contributed by atoms with van der Waals surface area (Å²) in [4.78, 5) is 0. The van der Waals surface area contributed by atoms with Crippen molar-refractivity contribution in [2.24, 2.45) is 0 Å². The predicted molar refractivity (Wildman–Crippen MR) is 79.4 cm³/mol. The van der Waals surface area contributed by atoms with E-state index in [0.29, 0.717) is 10.0 Å². The molecule has 0 spiro atoms. The Morgan fingerprint density at radius 2 is 1.69 bits per heavy atom. The SMILES string of the molecule is Cc1cc(I)ccc1-c1ccc(Cl)c(Cl)c1. The van der Waals surface area contributed by atoms with Crippen LogP contribution < -0.4 is 0 Å². The summed E-state index contributed by atoms with van der Waals surface area (Å²) in [5.41, 5.74) is 3.53. The molecule has 0 atom stereocenters. The Kier molecular flexibility index (Phi) is 3.77. The van der Waals surface area contributed by atoms with E-state index in [-0.39, 0.29) is 0 Å². The molecule has 2 aromatic carbocycles. The Morgan fingerprint density at radius 3 is 2.31 bits per heavy atom. The minimum absolute atomic E-state index is 0.591. The van der Waals surface area contributed by atoms with E-state index in [1.165, 1.54) is 14.7 Å². The maximum absolute atomic E-state index is 6.01. The third kappa shape index (κ3) is 2.53. The fourth-order valence-corrected chi connectivity index (χ4v) is 2.56. The molecule has 0 bridgehead atoms. The van der Waals surface area contributed by atoms with Gasteiger partial charge in [0.1, 0.15) is 0 Å². The second-order valence-electron chi connectivity index (χ2n) is 3.59. The van der Waals surface area contributed by atoms with Crippen LogP contribution in [-0.2, 0) is 0 Å². The van der Waals surface area contributed by atoms with Crippen molar-refractivity contribution in [1.29, 1.82) is 0 Å². The summed E-state index contributed by atoms with van der Waals surface area (Å²) in [6, 6.07) is 12.1. The number of hydrogen-bond donors (Lipinski definition) is 0. The molecule has 0 heterocycles. The zero-order valence-corrected chi connectivity index (χ0v) is 12.3. The van der Waals surface area contributed by atoms with E-state index in [1.807, 2.05) is 18.2 Å². The van der Waals surface area contributed by atoms with Gasteiger partial charge in [-0.2, -0.15) is 0 Å². The van der Waals surface area contributed by atoms with Gasteiger partial charge in [-0.15, -0.1) is 0 Å². The van der Waals surface area contributed by atoms with Gasteiger partial charge in [0.05, 0.1) is 10.0 Å². The molecular weight excluding hydrogens is 354 g/mol. The molecule has 0 fully saturated rings. The highest BCUT2D eigenvalue weighted by molar-refractivity contribution is 14.1. The Balaban J connectivity index is 2.54. The summed E-state index contributed by atoms with van der Waals surface area (Å²) in [5.74, 6) is 0. The largest absolute Gasteiger partial charge is 0.0827 e. The topological polar surface area (TPSA) is 0 Å². The van der Waals surface area contributed by atoms with Crippen LogP contribution in [0, 0.1) is 10.5 Å². The zero-order chi connectivity index (χ0) is 11.7. The average molecular weight is 363 g/mol. The third-order valence-electron chi connectivity index (χ3n) is 2.42. The van der Waals surface area contributed by atoms with Gasteiger partial charge in [-0.25, -0.2) is 0 Å². The van der Waals surface area contributed by atoms with E-state index in [1.54, 1.807) is 0 Å². The molecule has 16 heavy (non-hydrogen) atoms. The molecule has 0 saturated carbocycles. The van der Waals surface area contributed by atoms with E-state index in [2.05, 4.69) is 47.7 Å². The molecule has 0 radical (unpaired) electrons. The molecule has 0 saturated heterocycles. The first-order valence-corrected chi connectivity index (χ1v) is 6.63. The fourth-order valence-electron chi connectivity index (χ4n) is 1.61. The van der Waals surface area contributed by atoms with Gasteiger partial charge in [0.15, 0.2) is 0 Å². The van der Waals surface area contributed by atoms with E-state index in [0.717, 1.165) is 5.56 Å². The first kappa shape index (κ1) is 12.2. The molecule has 0 amide bonds. The summed E-state index contributed by atoms with van der Waals surface area (Å²) in [5, 5.41) is 1.19.